The Kier molecular flexibility index (Phi) is 21.8. The quantitative estimate of drug-likeness (QED) is 0.154. The van der Waals surface area contributed by atoms with Crippen LogP contribution in [0.15, 0.2) is 307 Å². The number of para-hydroxylation sites is 4. The predicted octanol–water partition coefficient (Wildman–Crippen LogP) is 23.1. The van der Waals surface area contributed by atoms with Crippen LogP contribution in [0.2, 0.25) is 26.2 Å². The molecule has 8 nitrogen and oxygen atoms in total. The summed E-state index contributed by atoms with van der Waals surface area (Å²) >= 11 is 14.8. The number of aromatic nitrogens is 2. The molecule has 18 heteroatoms. The molecule has 0 spiro atoms. The lowest BCUT2D eigenvalue weighted by Gasteiger charge is -2.20. The average molecular weight is 1660 g/mol. The van der Waals surface area contributed by atoms with Gasteiger partial charge in [-0.05, 0) is 169 Å². The number of amides is 2. The van der Waals surface area contributed by atoms with Gasteiger partial charge in [0.15, 0.2) is 0 Å². The number of hydrogen-bond acceptors (Lipinski definition) is 12. The number of carbonyl (C=O) groups is 2. The molecule has 15 heterocycles. The second kappa shape index (κ2) is 31.9. The lowest BCUT2D eigenvalue weighted by molar-refractivity contribution is -0.123. The smallest absolute Gasteiger partial charge is 0.259 e. The molecular formula is C95H86N6O2S8Si2. The SMILES string of the molecule is CC1(C)c2ccccc2-c2ccccc21.CC1(C)c2ccsc2-c2sccc21.CN1C=C2C(=O)N(C)C=C2C1=O.C[Si]1(C)c2ccccc2-c2ccccc21.C[Si]1(C)c2ccsc2-c2sccc21.Cn1c2ccccc2c2ccccc21.Cn1c2ccsc2c2sccc21.c1ccc2c(c1)=NCN=2.c1csc(-c2cccs2)c1. The van der Waals surface area contributed by atoms with Crippen LogP contribution in [0.25, 0.3) is 93.8 Å². The van der Waals surface area contributed by atoms with Gasteiger partial charge >= 0.3 is 0 Å². The molecule has 0 fully saturated rings. The fourth-order valence-corrected chi connectivity index (χ4v) is 32.2. The second-order valence-corrected chi connectivity index (χ2v) is 46.6. The Morgan fingerprint density at radius 3 is 1.12 bits per heavy atom. The summed E-state index contributed by atoms with van der Waals surface area (Å²) < 4.78 is 7.37. The molecule has 10 aromatic heterocycles. The molecule has 0 atom stereocenters. The van der Waals surface area contributed by atoms with Crippen LogP contribution in [-0.2, 0) is 34.5 Å². The van der Waals surface area contributed by atoms with Crippen molar-refractivity contribution in [1.29, 1.82) is 0 Å². The molecule has 0 saturated carbocycles. The van der Waals surface area contributed by atoms with E-state index in [1.807, 2.05) is 92.3 Å². The Bertz CT molecular complexity index is 6010. The van der Waals surface area contributed by atoms with Crippen molar-refractivity contribution in [3.63, 3.8) is 0 Å². The molecular weight excluding hydrogens is 1570 g/mol. The molecule has 2 amide bonds. The van der Waals surface area contributed by atoms with Crippen LogP contribution in [0, 0.1) is 0 Å². The Hall–Kier alpha value is -9.81. The number of rotatable bonds is 1. The van der Waals surface area contributed by atoms with Crippen LogP contribution < -0.4 is 31.5 Å². The minimum atomic E-state index is -1.38. The molecule has 0 unspecified atom stereocenters. The summed E-state index contributed by atoms with van der Waals surface area (Å²) in [4.78, 5) is 42.6. The average Bonchev–Trinajstić information content (AvgIpc) is 1.60. The Morgan fingerprint density at radius 2 is 0.673 bits per heavy atom. The fraction of sp³-hybridized carbons (Fsp3) is 0.158. The summed E-state index contributed by atoms with van der Waals surface area (Å²) in [6.07, 6.45) is 3.14. The number of nitrogens with zero attached hydrogens (tertiary/aromatic N) is 6. The number of thiophene rings is 8. The topological polar surface area (TPSA) is 75.2 Å². The highest BCUT2D eigenvalue weighted by Crippen LogP contribution is 2.54. The highest BCUT2D eigenvalue weighted by Gasteiger charge is 2.41. The summed E-state index contributed by atoms with van der Waals surface area (Å²) in [6.45, 7) is 19.6. The monoisotopic (exact) mass is 1650 g/mol. The summed E-state index contributed by atoms with van der Waals surface area (Å²) in [6, 6.07) is 82.2. The van der Waals surface area contributed by atoms with Crippen LogP contribution in [0.1, 0.15) is 49.9 Å². The summed E-state index contributed by atoms with van der Waals surface area (Å²) in [5, 5.41) is 28.6. The summed E-state index contributed by atoms with van der Waals surface area (Å²) in [7, 11) is 4.89. The molecule has 17 aromatic rings. The maximum atomic E-state index is 11.3. The van der Waals surface area contributed by atoms with E-state index in [1.54, 1.807) is 79.7 Å². The first-order valence-electron chi connectivity index (χ1n) is 37.7. The van der Waals surface area contributed by atoms with Gasteiger partial charge in [0.05, 0.1) is 42.3 Å². The van der Waals surface area contributed by atoms with Crippen LogP contribution in [0.5, 0.6) is 0 Å². The molecule has 24 rings (SSSR count). The molecule has 7 aromatic carbocycles. The molecule has 0 N–H and O–H groups in total. The normalized spacial score (nSPS) is 15.0. The Balaban J connectivity index is 0.0000000963. The van der Waals surface area contributed by atoms with Crippen molar-refractivity contribution in [3.05, 3.63) is 330 Å². The zero-order valence-electron chi connectivity index (χ0n) is 65.2. The third-order valence-corrected chi connectivity index (χ3v) is 37.8. The minimum absolute atomic E-state index is 0.109. The van der Waals surface area contributed by atoms with Gasteiger partial charge in [0.1, 0.15) is 22.8 Å². The van der Waals surface area contributed by atoms with Crippen molar-refractivity contribution in [2.45, 2.75) is 64.7 Å². The number of carbonyl (C=O) groups excluding carboxylic acids is 2. The van der Waals surface area contributed by atoms with Crippen molar-refractivity contribution in [2.24, 2.45) is 24.1 Å². The maximum Gasteiger partial charge on any atom is 0.259 e. The van der Waals surface area contributed by atoms with E-state index in [1.165, 1.54) is 116 Å². The van der Waals surface area contributed by atoms with Gasteiger partial charge < -0.3 is 18.9 Å². The Morgan fingerprint density at radius 1 is 0.319 bits per heavy atom. The van der Waals surface area contributed by atoms with Crippen molar-refractivity contribution < 1.29 is 9.59 Å². The summed E-state index contributed by atoms with van der Waals surface area (Å²) in [5.74, 6) is -0.217. The van der Waals surface area contributed by atoms with Gasteiger partial charge in [0.2, 0.25) is 0 Å². The molecule has 0 saturated heterocycles. The minimum Gasteiger partial charge on any atom is -0.344 e. The highest BCUT2D eigenvalue weighted by molar-refractivity contribution is 7.28. The van der Waals surface area contributed by atoms with E-state index in [9.17, 15) is 9.59 Å². The molecule has 0 radical (unpaired) electrons. The van der Waals surface area contributed by atoms with Gasteiger partial charge in [-0.1, -0.05) is 224 Å². The van der Waals surface area contributed by atoms with Crippen LogP contribution in [0.4, 0.5) is 0 Å². The van der Waals surface area contributed by atoms with E-state index in [4.69, 9.17) is 0 Å². The largest absolute Gasteiger partial charge is 0.344 e. The van der Waals surface area contributed by atoms with E-state index in [-0.39, 0.29) is 22.6 Å². The molecule has 564 valence electrons. The van der Waals surface area contributed by atoms with Crippen molar-refractivity contribution in [2.75, 3.05) is 20.8 Å². The number of benzene rings is 7. The van der Waals surface area contributed by atoms with Gasteiger partial charge in [0.25, 0.3) is 11.8 Å². The third kappa shape index (κ3) is 14.4. The van der Waals surface area contributed by atoms with Gasteiger partial charge in [-0.25, -0.2) is 0 Å². The first-order valence-corrected chi connectivity index (χ1v) is 50.7. The zero-order chi connectivity index (χ0) is 78.5. The maximum absolute atomic E-state index is 11.3. The van der Waals surface area contributed by atoms with Gasteiger partial charge in [0, 0.05) is 102 Å². The van der Waals surface area contributed by atoms with Crippen molar-refractivity contribution in [3.8, 4) is 51.5 Å². The number of likely N-dealkylation sites (N-methyl/N-ethyl adjacent to an activating group) is 2. The lowest BCUT2D eigenvalue weighted by Crippen LogP contribution is -2.49. The zero-order valence-corrected chi connectivity index (χ0v) is 73.7. The molecule has 5 aliphatic heterocycles. The molecule has 0 bridgehead atoms. The Labute approximate surface area is 694 Å². The fourth-order valence-electron chi connectivity index (χ4n) is 16.4. The van der Waals surface area contributed by atoms with E-state index in [0.29, 0.717) is 17.8 Å². The van der Waals surface area contributed by atoms with Gasteiger partial charge in [-0.3, -0.25) is 19.6 Å². The van der Waals surface area contributed by atoms with E-state index in [0.717, 1.165) is 10.7 Å². The van der Waals surface area contributed by atoms with Crippen molar-refractivity contribution >= 4 is 182 Å². The van der Waals surface area contributed by atoms with E-state index in [2.05, 4.69) is 336 Å². The molecule has 2 aliphatic carbocycles. The van der Waals surface area contributed by atoms with Crippen molar-refractivity contribution in [1.82, 2.24) is 18.9 Å². The molecule has 113 heavy (non-hydrogen) atoms. The first-order chi connectivity index (χ1) is 54.6. The third-order valence-electron chi connectivity index (χ3n) is 22.5. The number of hydrogen-bond donors (Lipinski definition) is 0. The second-order valence-electron chi connectivity index (χ2n) is 30.6. The molecule has 7 aliphatic rings. The number of fused-ring (bicyclic) bond motifs is 20. The van der Waals surface area contributed by atoms with Gasteiger partial charge in [-0.15, -0.1) is 90.7 Å². The highest BCUT2D eigenvalue weighted by atomic mass is 32.1. The number of aryl methyl sites for hydroxylation is 2. The van der Waals surface area contributed by atoms with E-state index >= 15 is 0 Å². The summed E-state index contributed by atoms with van der Waals surface area (Å²) in [5.41, 5.74) is 18.4. The van der Waals surface area contributed by atoms with Crippen LogP contribution in [-0.4, -0.2) is 67.7 Å². The van der Waals surface area contributed by atoms with Crippen LogP contribution in [0.3, 0.4) is 0 Å². The standard InChI is InChI=1S/C15H14.C14H14Si.C13H11N.C11H10S2.C10H10S2Si.C9H7NS2.C8H8N2O2.C8H6S2.C7H6N2/c2*1-15(2)13-9-5-3-7-11(13)12-8-4-6-10-14(12)15;1-14-12-8-4-2-6-10(12)11-7-3-5-9-13(11)14;1-11(2)7-3-5-12-9(7)10-8(11)4-6-13-10;1-13(2)7-3-5-11-9(7)10-8(13)4-6-12-10;1-10-6-2-4-11-8(6)9-7(10)3-5-12-9;1-9-3-5-6(7(9)11)4-10(2)8(5)12;1-3-7(9-5-1)8-4-2-6-10-8;1-2-4-7-6(3-1)8-5-9-7/h2*3-10H,1-2H3;2-9H,1H3;2*3-6H,1-2H3;2-5H,1H3;3-4H,1-2H3;1-6H;1-4H,5H2. The van der Waals surface area contributed by atoms with Crippen LogP contribution >= 0.6 is 90.7 Å². The van der Waals surface area contributed by atoms with E-state index < -0.39 is 16.1 Å². The predicted molar refractivity (Wildman–Crippen MR) is 496 cm³/mol. The van der Waals surface area contributed by atoms with Gasteiger partial charge in [-0.2, -0.15) is 0 Å². The lowest BCUT2D eigenvalue weighted by atomic mass is 9.82. The first kappa shape index (κ1) is 77.1.